The molecular formula is C17H16ClF2N7O4. The molecule has 1 amide bonds. The number of nitrogens with two attached hydrogens (primary N) is 1. The molecule has 1 fully saturated rings. The first-order valence-corrected chi connectivity index (χ1v) is 9.35. The zero-order chi connectivity index (χ0) is 22.1. The molecule has 0 saturated carbocycles. The molecule has 3 aromatic rings. The summed E-state index contributed by atoms with van der Waals surface area (Å²) in [6.45, 7) is 1.91. The number of fused-ring (bicyclic) bond motifs is 1. The molecule has 1 aliphatic heterocycles. The van der Waals surface area contributed by atoms with Crippen LogP contribution in [0, 0.1) is 0 Å². The van der Waals surface area contributed by atoms with Crippen LogP contribution in [0.25, 0.3) is 17.0 Å². The van der Waals surface area contributed by atoms with Crippen molar-refractivity contribution in [2.24, 2.45) is 5.73 Å². The number of rotatable bonds is 5. The number of hydrogen-bond acceptors (Lipinski definition) is 9. The normalized spacial score (nSPS) is 14.3. The monoisotopic (exact) mass is 455 g/mol. The Kier molecular flexibility index (Phi) is 5.69. The quantitative estimate of drug-likeness (QED) is 0.614. The highest BCUT2D eigenvalue weighted by Crippen LogP contribution is 2.35. The summed E-state index contributed by atoms with van der Waals surface area (Å²) in [6.07, 6.45) is -4.07. The number of aromatic nitrogens is 5. The Balaban J connectivity index is 1.94. The predicted molar refractivity (Wildman–Crippen MR) is 104 cm³/mol. The molecule has 1 aromatic carbocycles. The molecule has 1 saturated heterocycles. The molecule has 2 N–H and O–H groups in total. The molecule has 2 aromatic heterocycles. The van der Waals surface area contributed by atoms with E-state index in [1.165, 1.54) is 19.2 Å². The number of primary amides is 1. The van der Waals surface area contributed by atoms with Crippen molar-refractivity contribution >= 4 is 34.7 Å². The van der Waals surface area contributed by atoms with Crippen molar-refractivity contribution in [1.29, 1.82) is 0 Å². The van der Waals surface area contributed by atoms with E-state index < -0.39 is 18.3 Å². The van der Waals surface area contributed by atoms with Gasteiger partial charge in [-0.1, -0.05) is 0 Å². The Morgan fingerprint density at radius 3 is 2.55 bits per heavy atom. The second-order valence-electron chi connectivity index (χ2n) is 6.32. The van der Waals surface area contributed by atoms with Crippen molar-refractivity contribution in [3.05, 3.63) is 23.2 Å². The SMILES string of the molecule is COc1cc(OC(N)=O)cc2c1nc(C(F)F)n2-c1nc(Cl)nc(N2CCOCC2)n1. The molecule has 0 unspecified atom stereocenters. The molecule has 14 heteroatoms. The largest absolute Gasteiger partial charge is 0.494 e. The number of amides is 1. The summed E-state index contributed by atoms with van der Waals surface area (Å²) in [6, 6.07) is 2.60. The van der Waals surface area contributed by atoms with Gasteiger partial charge in [0, 0.05) is 25.2 Å². The number of halogens is 3. The van der Waals surface area contributed by atoms with Gasteiger partial charge in [-0.25, -0.2) is 18.6 Å². The van der Waals surface area contributed by atoms with E-state index in [-0.39, 0.29) is 39.7 Å². The zero-order valence-electron chi connectivity index (χ0n) is 16.1. The summed E-state index contributed by atoms with van der Waals surface area (Å²) in [5.41, 5.74) is 5.26. The first-order valence-electron chi connectivity index (χ1n) is 8.98. The Hall–Kier alpha value is -3.32. The van der Waals surface area contributed by atoms with Crippen molar-refractivity contribution in [2.75, 3.05) is 38.3 Å². The van der Waals surface area contributed by atoms with Crippen LogP contribution in [0.3, 0.4) is 0 Å². The van der Waals surface area contributed by atoms with Crippen LogP contribution in [-0.2, 0) is 4.74 Å². The number of nitrogens with zero attached hydrogens (tertiary/aromatic N) is 6. The maximum Gasteiger partial charge on any atom is 0.409 e. The lowest BCUT2D eigenvalue weighted by Gasteiger charge is -2.26. The number of benzene rings is 1. The van der Waals surface area contributed by atoms with E-state index in [1.54, 1.807) is 4.90 Å². The fraction of sp³-hybridized carbons (Fsp3) is 0.353. The maximum atomic E-state index is 13.9. The summed E-state index contributed by atoms with van der Waals surface area (Å²) >= 11 is 6.08. The standard InChI is InChI=1S/C17H16ClF2N7O4/c1-29-10-7-8(31-15(21)28)6-9-11(10)22-13(12(19)20)27(9)17-24-14(18)23-16(25-17)26-2-4-30-5-3-26/h6-7,12H,2-5H2,1H3,(H2,21,28). The van der Waals surface area contributed by atoms with Gasteiger partial charge in [-0.15, -0.1) is 0 Å². The molecule has 0 bridgehead atoms. The topological polar surface area (TPSA) is 131 Å². The second kappa shape index (κ2) is 8.43. The van der Waals surface area contributed by atoms with Gasteiger partial charge in [-0.3, -0.25) is 4.57 Å². The van der Waals surface area contributed by atoms with Gasteiger partial charge >= 0.3 is 6.09 Å². The van der Waals surface area contributed by atoms with E-state index >= 15 is 0 Å². The minimum atomic E-state index is -2.99. The molecule has 11 nitrogen and oxygen atoms in total. The molecule has 0 spiro atoms. The van der Waals surface area contributed by atoms with Crippen LogP contribution in [-0.4, -0.2) is 64.0 Å². The van der Waals surface area contributed by atoms with E-state index in [9.17, 15) is 13.6 Å². The van der Waals surface area contributed by atoms with Gasteiger partial charge in [-0.05, 0) is 11.6 Å². The van der Waals surface area contributed by atoms with Crippen molar-refractivity contribution in [2.45, 2.75) is 6.43 Å². The Labute approximate surface area is 178 Å². The number of methoxy groups -OCH3 is 1. The van der Waals surface area contributed by atoms with Crippen LogP contribution in [0.5, 0.6) is 11.5 Å². The minimum Gasteiger partial charge on any atom is -0.494 e. The highest BCUT2D eigenvalue weighted by molar-refractivity contribution is 6.28. The fourth-order valence-corrected chi connectivity index (χ4v) is 3.31. The maximum absolute atomic E-state index is 13.9. The van der Waals surface area contributed by atoms with Gasteiger partial charge in [0.05, 0.1) is 25.8 Å². The van der Waals surface area contributed by atoms with E-state index in [0.717, 1.165) is 4.57 Å². The van der Waals surface area contributed by atoms with Gasteiger partial charge in [0.1, 0.15) is 17.0 Å². The van der Waals surface area contributed by atoms with Crippen LogP contribution in [0.15, 0.2) is 12.1 Å². The molecule has 1 aliphatic rings. The molecule has 4 rings (SSSR count). The van der Waals surface area contributed by atoms with Gasteiger partial charge < -0.3 is 24.8 Å². The van der Waals surface area contributed by atoms with Crippen LogP contribution >= 0.6 is 11.6 Å². The van der Waals surface area contributed by atoms with Crippen LogP contribution in [0.1, 0.15) is 12.2 Å². The van der Waals surface area contributed by atoms with E-state index in [4.69, 9.17) is 31.5 Å². The molecular weight excluding hydrogens is 440 g/mol. The summed E-state index contributed by atoms with van der Waals surface area (Å²) in [4.78, 5) is 29.4. The first kappa shape index (κ1) is 20.9. The van der Waals surface area contributed by atoms with Gasteiger partial charge in [-0.2, -0.15) is 15.0 Å². The Bertz CT molecular complexity index is 1140. The van der Waals surface area contributed by atoms with Crippen molar-refractivity contribution in [1.82, 2.24) is 24.5 Å². The number of carbonyl (C=O) groups is 1. The van der Waals surface area contributed by atoms with Crippen molar-refractivity contribution < 1.29 is 27.8 Å². The number of morpholine rings is 1. The third kappa shape index (κ3) is 4.14. The Morgan fingerprint density at radius 2 is 1.90 bits per heavy atom. The number of ether oxygens (including phenoxy) is 3. The number of anilines is 1. The number of alkyl halides is 2. The summed E-state index contributed by atoms with van der Waals surface area (Å²) in [7, 11) is 1.32. The van der Waals surface area contributed by atoms with Crippen LogP contribution in [0.4, 0.5) is 19.5 Å². The third-order valence-corrected chi connectivity index (χ3v) is 4.61. The molecule has 0 aliphatic carbocycles. The molecule has 0 radical (unpaired) electrons. The van der Waals surface area contributed by atoms with E-state index in [2.05, 4.69) is 19.9 Å². The third-order valence-electron chi connectivity index (χ3n) is 4.44. The number of imidazole rings is 1. The van der Waals surface area contributed by atoms with Crippen molar-refractivity contribution in [3.8, 4) is 17.4 Å². The lowest BCUT2D eigenvalue weighted by molar-refractivity contribution is 0.122. The number of carbonyl (C=O) groups excluding carboxylic acids is 1. The average molecular weight is 456 g/mol. The lowest BCUT2D eigenvalue weighted by atomic mass is 10.2. The van der Waals surface area contributed by atoms with Gasteiger partial charge in [0.25, 0.3) is 6.43 Å². The van der Waals surface area contributed by atoms with Crippen LogP contribution in [0.2, 0.25) is 5.28 Å². The zero-order valence-corrected chi connectivity index (χ0v) is 16.8. The lowest BCUT2D eigenvalue weighted by Crippen LogP contribution is -2.37. The van der Waals surface area contributed by atoms with Crippen molar-refractivity contribution in [3.63, 3.8) is 0 Å². The molecule has 3 heterocycles. The first-order chi connectivity index (χ1) is 14.9. The van der Waals surface area contributed by atoms with Gasteiger partial charge in [0.15, 0.2) is 5.82 Å². The summed E-state index contributed by atoms with van der Waals surface area (Å²) in [5, 5.41) is -0.190. The summed E-state index contributed by atoms with van der Waals surface area (Å²) in [5.74, 6) is -0.579. The Morgan fingerprint density at radius 1 is 1.19 bits per heavy atom. The molecule has 0 atom stereocenters. The van der Waals surface area contributed by atoms with Crippen LogP contribution < -0.4 is 20.1 Å². The second-order valence-corrected chi connectivity index (χ2v) is 6.66. The smallest absolute Gasteiger partial charge is 0.409 e. The van der Waals surface area contributed by atoms with E-state index in [0.29, 0.717) is 26.3 Å². The van der Waals surface area contributed by atoms with Gasteiger partial charge in [0.2, 0.25) is 17.2 Å². The van der Waals surface area contributed by atoms with E-state index in [1.807, 2.05) is 0 Å². The minimum absolute atomic E-state index is 0.0348. The average Bonchev–Trinajstić information content (AvgIpc) is 3.13. The predicted octanol–water partition coefficient (Wildman–Crippen LogP) is 2.10. The molecule has 31 heavy (non-hydrogen) atoms. The highest BCUT2D eigenvalue weighted by Gasteiger charge is 2.26. The number of hydrogen-bond donors (Lipinski definition) is 1. The fourth-order valence-electron chi connectivity index (χ4n) is 3.16. The highest BCUT2D eigenvalue weighted by atomic mass is 35.5. The molecule has 164 valence electrons. The summed E-state index contributed by atoms with van der Waals surface area (Å²) < 4.78 is 44.2.